The SMILES string of the molecule is CCOC(=O)[C@H]1[C@@H]2C(=O)N([C@@H](CC)CO)[C@H](C(=O)Nc3ccc(OC)cc3)[C@H]2C=C[C@H]1C. The lowest BCUT2D eigenvalue weighted by Crippen LogP contribution is -2.50. The highest BCUT2D eigenvalue weighted by atomic mass is 16.5. The minimum atomic E-state index is -0.840. The molecule has 2 amide bonds. The molecule has 8 nitrogen and oxygen atoms in total. The number of rotatable bonds is 8. The highest BCUT2D eigenvalue weighted by Gasteiger charge is 2.58. The van der Waals surface area contributed by atoms with E-state index in [0.717, 1.165) is 0 Å². The second kappa shape index (κ2) is 10.2. The van der Waals surface area contributed by atoms with Crippen molar-refractivity contribution in [3.8, 4) is 5.75 Å². The van der Waals surface area contributed by atoms with Gasteiger partial charge in [0, 0.05) is 11.6 Å². The third-order valence-electron chi connectivity index (χ3n) is 6.47. The van der Waals surface area contributed by atoms with Crippen molar-refractivity contribution >= 4 is 23.5 Å². The Morgan fingerprint density at radius 1 is 1.19 bits per heavy atom. The van der Waals surface area contributed by atoms with Crippen LogP contribution in [-0.4, -0.2) is 60.2 Å². The van der Waals surface area contributed by atoms with Crippen LogP contribution in [0.4, 0.5) is 5.69 Å². The first kappa shape index (κ1) is 23.8. The number of fused-ring (bicyclic) bond motifs is 1. The summed E-state index contributed by atoms with van der Waals surface area (Å²) in [6.07, 6.45) is 4.23. The predicted molar refractivity (Wildman–Crippen MR) is 119 cm³/mol. The van der Waals surface area contributed by atoms with E-state index in [4.69, 9.17) is 9.47 Å². The Morgan fingerprint density at radius 2 is 1.88 bits per heavy atom. The first-order valence-electron chi connectivity index (χ1n) is 11.1. The van der Waals surface area contributed by atoms with Crippen molar-refractivity contribution in [3.05, 3.63) is 36.4 Å². The Kier molecular flexibility index (Phi) is 7.56. The van der Waals surface area contributed by atoms with Gasteiger partial charge in [0.25, 0.3) is 0 Å². The van der Waals surface area contributed by atoms with Crippen molar-refractivity contribution in [2.45, 2.75) is 39.3 Å². The number of aliphatic hydroxyl groups excluding tert-OH is 1. The summed E-state index contributed by atoms with van der Waals surface area (Å²) in [6.45, 7) is 5.41. The van der Waals surface area contributed by atoms with E-state index in [1.807, 2.05) is 26.0 Å². The fourth-order valence-electron chi connectivity index (χ4n) is 4.84. The number of amides is 2. The van der Waals surface area contributed by atoms with Crippen LogP contribution in [0.1, 0.15) is 27.2 Å². The number of hydrogen-bond donors (Lipinski definition) is 2. The number of methoxy groups -OCH3 is 1. The number of esters is 1. The predicted octanol–water partition coefficient (Wildman–Crippen LogP) is 2.23. The molecule has 0 saturated carbocycles. The van der Waals surface area contributed by atoms with Crippen LogP contribution < -0.4 is 10.1 Å². The maximum Gasteiger partial charge on any atom is 0.310 e. The molecule has 32 heavy (non-hydrogen) atoms. The topological polar surface area (TPSA) is 105 Å². The average Bonchev–Trinajstić information content (AvgIpc) is 3.08. The molecule has 1 fully saturated rings. The standard InChI is InChI=1S/C24H32N2O6/c1-5-16(13-27)26-21(22(28)25-15-8-10-17(31-4)11-9-15)18-12-7-14(3)19(20(18)23(26)29)24(30)32-6-2/h7-12,14,16,18-21,27H,5-6,13H2,1-4H3,(H,25,28)/t14-,16+,18+,19-,20-,21+/m1/s1. The second-order valence-corrected chi connectivity index (χ2v) is 8.28. The maximum atomic E-state index is 13.6. The van der Waals surface area contributed by atoms with E-state index in [0.29, 0.717) is 17.9 Å². The molecule has 8 heteroatoms. The van der Waals surface area contributed by atoms with Crippen molar-refractivity contribution in [2.75, 3.05) is 25.6 Å². The van der Waals surface area contributed by atoms with Gasteiger partial charge < -0.3 is 24.8 Å². The van der Waals surface area contributed by atoms with Crippen molar-refractivity contribution in [1.29, 1.82) is 0 Å². The number of nitrogens with zero attached hydrogens (tertiary/aromatic N) is 1. The summed E-state index contributed by atoms with van der Waals surface area (Å²) in [7, 11) is 1.56. The monoisotopic (exact) mass is 444 g/mol. The van der Waals surface area contributed by atoms with E-state index >= 15 is 0 Å². The summed E-state index contributed by atoms with van der Waals surface area (Å²) in [5.74, 6) is -2.49. The summed E-state index contributed by atoms with van der Waals surface area (Å²) in [5, 5.41) is 12.8. The minimum Gasteiger partial charge on any atom is -0.497 e. The van der Waals surface area contributed by atoms with Gasteiger partial charge in [0.15, 0.2) is 0 Å². The Balaban J connectivity index is 1.97. The van der Waals surface area contributed by atoms with Crippen molar-refractivity contribution < 1.29 is 29.0 Å². The van der Waals surface area contributed by atoms with Gasteiger partial charge in [-0.1, -0.05) is 26.0 Å². The zero-order chi connectivity index (χ0) is 23.4. The number of ether oxygens (including phenoxy) is 2. The first-order valence-corrected chi connectivity index (χ1v) is 11.1. The average molecular weight is 445 g/mol. The van der Waals surface area contributed by atoms with Crippen LogP contribution in [0, 0.1) is 23.7 Å². The number of allylic oxidation sites excluding steroid dienone is 1. The zero-order valence-corrected chi connectivity index (χ0v) is 19.0. The number of carbonyl (C=O) groups excluding carboxylic acids is 3. The molecule has 1 aliphatic heterocycles. The molecular formula is C24H32N2O6. The fourth-order valence-corrected chi connectivity index (χ4v) is 4.84. The van der Waals surface area contributed by atoms with E-state index in [2.05, 4.69) is 5.32 Å². The third kappa shape index (κ3) is 4.37. The number of carbonyl (C=O) groups is 3. The van der Waals surface area contributed by atoms with Crippen LogP contribution in [0.15, 0.2) is 36.4 Å². The molecule has 1 aliphatic carbocycles. The van der Waals surface area contributed by atoms with Crippen LogP contribution >= 0.6 is 0 Å². The Labute approximate surface area is 188 Å². The molecule has 1 aromatic carbocycles. The van der Waals surface area contributed by atoms with Crippen LogP contribution in [0.2, 0.25) is 0 Å². The van der Waals surface area contributed by atoms with Gasteiger partial charge in [0.1, 0.15) is 11.8 Å². The Hall–Kier alpha value is -2.87. The van der Waals surface area contributed by atoms with Crippen molar-refractivity contribution in [1.82, 2.24) is 4.90 Å². The van der Waals surface area contributed by atoms with Crippen LogP contribution in [0.5, 0.6) is 5.75 Å². The number of aliphatic hydroxyl groups is 1. The number of anilines is 1. The van der Waals surface area contributed by atoms with Gasteiger partial charge >= 0.3 is 5.97 Å². The summed E-state index contributed by atoms with van der Waals surface area (Å²) >= 11 is 0. The van der Waals surface area contributed by atoms with Gasteiger partial charge in [0.2, 0.25) is 11.8 Å². The number of hydrogen-bond acceptors (Lipinski definition) is 6. The minimum absolute atomic E-state index is 0.196. The molecule has 0 unspecified atom stereocenters. The number of nitrogens with one attached hydrogen (secondary N) is 1. The van der Waals surface area contributed by atoms with Crippen molar-refractivity contribution in [2.24, 2.45) is 23.7 Å². The molecule has 174 valence electrons. The molecule has 1 saturated heterocycles. The largest absolute Gasteiger partial charge is 0.497 e. The van der Waals surface area contributed by atoms with Crippen LogP contribution in [0.3, 0.4) is 0 Å². The molecule has 3 rings (SSSR count). The summed E-state index contributed by atoms with van der Waals surface area (Å²) in [5.41, 5.74) is 0.568. The lowest BCUT2D eigenvalue weighted by Gasteiger charge is -2.33. The quantitative estimate of drug-likeness (QED) is 0.471. The number of benzene rings is 1. The van der Waals surface area contributed by atoms with Gasteiger partial charge in [-0.3, -0.25) is 14.4 Å². The molecule has 0 aromatic heterocycles. The Morgan fingerprint density at radius 3 is 2.44 bits per heavy atom. The smallest absolute Gasteiger partial charge is 0.310 e. The molecular weight excluding hydrogens is 412 g/mol. The van der Waals surface area contributed by atoms with Gasteiger partial charge in [-0.2, -0.15) is 0 Å². The molecule has 0 bridgehead atoms. The molecule has 2 N–H and O–H groups in total. The highest BCUT2D eigenvalue weighted by molar-refractivity contribution is 6.01. The van der Waals surface area contributed by atoms with E-state index in [1.165, 1.54) is 4.90 Å². The molecule has 6 atom stereocenters. The summed E-state index contributed by atoms with van der Waals surface area (Å²) in [4.78, 5) is 41.2. The second-order valence-electron chi connectivity index (χ2n) is 8.28. The molecule has 1 aromatic rings. The summed E-state index contributed by atoms with van der Waals surface area (Å²) < 4.78 is 10.4. The highest BCUT2D eigenvalue weighted by Crippen LogP contribution is 2.45. The zero-order valence-electron chi connectivity index (χ0n) is 19.0. The molecule has 2 aliphatic rings. The third-order valence-corrected chi connectivity index (χ3v) is 6.47. The van der Waals surface area contributed by atoms with Crippen LogP contribution in [-0.2, 0) is 19.1 Å². The van der Waals surface area contributed by atoms with Crippen molar-refractivity contribution in [3.63, 3.8) is 0 Å². The molecule has 0 radical (unpaired) electrons. The van der Waals surface area contributed by atoms with Gasteiger partial charge in [0.05, 0.1) is 38.2 Å². The fraction of sp³-hybridized carbons (Fsp3) is 0.542. The van der Waals surface area contributed by atoms with Gasteiger partial charge in [-0.15, -0.1) is 0 Å². The normalized spacial score (nSPS) is 27.6. The van der Waals surface area contributed by atoms with E-state index in [9.17, 15) is 19.5 Å². The molecule has 0 spiro atoms. The Bertz CT molecular complexity index is 864. The van der Waals surface area contributed by atoms with Gasteiger partial charge in [-0.05, 0) is 43.5 Å². The lowest BCUT2D eigenvalue weighted by molar-refractivity contribution is -0.155. The van der Waals surface area contributed by atoms with Crippen LogP contribution in [0.25, 0.3) is 0 Å². The molecule has 1 heterocycles. The maximum absolute atomic E-state index is 13.6. The number of likely N-dealkylation sites (tertiary alicyclic amines) is 1. The van der Waals surface area contributed by atoms with E-state index < -0.39 is 35.8 Å². The first-order chi connectivity index (χ1) is 15.4. The summed E-state index contributed by atoms with van der Waals surface area (Å²) in [6, 6.07) is 5.55. The van der Waals surface area contributed by atoms with Gasteiger partial charge in [-0.25, -0.2) is 0 Å². The lowest BCUT2D eigenvalue weighted by atomic mass is 9.70. The van der Waals surface area contributed by atoms with E-state index in [1.54, 1.807) is 38.3 Å². The van der Waals surface area contributed by atoms with E-state index in [-0.39, 0.29) is 30.9 Å².